The van der Waals surface area contributed by atoms with Crippen LogP contribution in [0.5, 0.6) is 0 Å². The van der Waals surface area contributed by atoms with Crippen molar-refractivity contribution in [1.82, 2.24) is 10.2 Å². The summed E-state index contributed by atoms with van der Waals surface area (Å²) in [7, 11) is 1.31. The number of methoxy groups -OCH3 is 1. The molecule has 1 N–H and O–H groups in total. The Balaban J connectivity index is 1.98. The monoisotopic (exact) mass is 310 g/mol. The first-order chi connectivity index (χ1) is 10.0. The molecule has 2 heterocycles. The quantitative estimate of drug-likeness (QED) is 0.843. The van der Waals surface area contributed by atoms with Crippen LogP contribution in [0.1, 0.15) is 29.4 Å². The smallest absolute Gasteiger partial charge is 0.328 e. The van der Waals surface area contributed by atoms with Gasteiger partial charge in [-0.15, -0.1) is 11.3 Å². The first-order valence-corrected chi connectivity index (χ1v) is 7.65. The molecule has 7 heteroatoms. The molecule has 1 aliphatic heterocycles. The van der Waals surface area contributed by atoms with Crippen molar-refractivity contribution in [2.45, 2.75) is 31.8 Å². The summed E-state index contributed by atoms with van der Waals surface area (Å²) >= 11 is 1.31. The number of hydrogen-bond acceptors (Lipinski definition) is 5. The molecule has 0 aromatic carbocycles. The average molecular weight is 310 g/mol. The Morgan fingerprint density at radius 1 is 1.48 bits per heavy atom. The van der Waals surface area contributed by atoms with Gasteiger partial charge in [-0.25, -0.2) is 4.79 Å². The lowest BCUT2D eigenvalue weighted by Crippen LogP contribution is -2.50. The van der Waals surface area contributed by atoms with Crippen LogP contribution in [0.15, 0.2) is 17.5 Å². The molecule has 0 bridgehead atoms. The molecule has 21 heavy (non-hydrogen) atoms. The van der Waals surface area contributed by atoms with E-state index in [4.69, 9.17) is 4.74 Å². The Kier molecular flexibility index (Phi) is 4.95. The van der Waals surface area contributed by atoms with Gasteiger partial charge in [-0.3, -0.25) is 9.59 Å². The minimum Gasteiger partial charge on any atom is -0.467 e. The third-order valence-electron chi connectivity index (χ3n) is 3.47. The molecular formula is C14H18N2O4S. The maximum atomic E-state index is 12.4. The van der Waals surface area contributed by atoms with E-state index in [2.05, 4.69) is 5.32 Å². The zero-order valence-corrected chi connectivity index (χ0v) is 12.8. The Morgan fingerprint density at radius 3 is 2.86 bits per heavy atom. The zero-order valence-electron chi connectivity index (χ0n) is 12.0. The van der Waals surface area contributed by atoms with Gasteiger partial charge in [0.2, 0.25) is 5.91 Å². The number of rotatable bonds is 4. The number of amides is 2. The maximum absolute atomic E-state index is 12.4. The van der Waals surface area contributed by atoms with Gasteiger partial charge in [0, 0.05) is 6.54 Å². The van der Waals surface area contributed by atoms with E-state index in [1.165, 1.54) is 23.3 Å². The minimum atomic E-state index is -0.676. The highest BCUT2D eigenvalue weighted by Gasteiger charge is 2.36. The summed E-state index contributed by atoms with van der Waals surface area (Å²) < 4.78 is 4.72. The van der Waals surface area contributed by atoms with Gasteiger partial charge in [0.25, 0.3) is 5.91 Å². The third-order valence-corrected chi connectivity index (χ3v) is 4.34. The molecule has 2 unspecified atom stereocenters. The third kappa shape index (κ3) is 3.41. The largest absolute Gasteiger partial charge is 0.467 e. The summed E-state index contributed by atoms with van der Waals surface area (Å²) in [4.78, 5) is 38.0. The van der Waals surface area contributed by atoms with Crippen LogP contribution in [-0.4, -0.2) is 48.4 Å². The highest BCUT2D eigenvalue weighted by Crippen LogP contribution is 2.19. The summed E-state index contributed by atoms with van der Waals surface area (Å²) in [5, 5.41) is 4.47. The van der Waals surface area contributed by atoms with Crippen molar-refractivity contribution < 1.29 is 19.1 Å². The van der Waals surface area contributed by atoms with Crippen molar-refractivity contribution in [2.24, 2.45) is 0 Å². The van der Waals surface area contributed by atoms with Gasteiger partial charge in [0.1, 0.15) is 12.1 Å². The first kappa shape index (κ1) is 15.5. The highest BCUT2D eigenvalue weighted by atomic mass is 32.1. The zero-order chi connectivity index (χ0) is 15.4. The summed E-state index contributed by atoms with van der Waals surface area (Å²) in [6.07, 6.45) is 1.36. The van der Waals surface area contributed by atoms with E-state index in [-0.39, 0.29) is 11.8 Å². The van der Waals surface area contributed by atoms with E-state index < -0.39 is 18.1 Å². The van der Waals surface area contributed by atoms with Crippen molar-refractivity contribution in [3.05, 3.63) is 22.4 Å². The normalized spacial score (nSPS) is 19.1. The maximum Gasteiger partial charge on any atom is 0.328 e. The molecule has 2 atom stereocenters. The summed E-state index contributed by atoms with van der Waals surface area (Å²) in [6, 6.07) is 2.26. The predicted molar refractivity (Wildman–Crippen MR) is 78.0 cm³/mol. The van der Waals surface area contributed by atoms with Crippen molar-refractivity contribution >= 4 is 29.1 Å². The molecule has 6 nitrogen and oxygen atoms in total. The SMILES string of the molecule is COC(=O)C1CCCN1C(=O)C(C)NC(=O)c1cccs1. The summed E-state index contributed by atoms with van der Waals surface area (Å²) in [5.74, 6) is -0.940. The van der Waals surface area contributed by atoms with Crippen LogP contribution in [-0.2, 0) is 14.3 Å². The number of nitrogens with one attached hydrogen (secondary N) is 1. The molecule has 114 valence electrons. The van der Waals surface area contributed by atoms with Crippen LogP contribution in [0, 0.1) is 0 Å². The average Bonchev–Trinajstić information content (AvgIpc) is 3.16. The topological polar surface area (TPSA) is 75.7 Å². The predicted octanol–water partition coefficient (Wildman–Crippen LogP) is 1.03. The number of nitrogens with zero attached hydrogens (tertiary/aromatic N) is 1. The van der Waals surface area contributed by atoms with Crippen LogP contribution >= 0.6 is 11.3 Å². The van der Waals surface area contributed by atoms with E-state index in [1.54, 1.807) is 24.4 Å². The van der Waals surface area contributed by atoms with Gasteiger partial charge in [0.15, 0.2) is 0 Å². The molecule has 1 fully saturated rings. The van der Waals surface area contributed by atoms with Crippen molar-refractivity contribution in [1.29, 1.82) is 0 Å². The fourth-order valence-corrected chi connectivity index (χ4v) is 3.02. The number of ether oxygens (including phenoxy) is 1. The molecule has 0 spiro atoms. The second-order valence-electron chi connectivity index (χ2n) is 4.89. The van der Waals surface area contributed by atoms with Crippen LogP contribution in [0.25, 0.3) is 0 Å². The molecule has 0 saturated carbocycles. The van der Waals surface area contributed by atoms with E-state index in [0.29, 0.717) is 17.8 Å². The second kappa shape index (κ2) is 6.71. The molecule has 2 rings (SSSR count). The Hall–Kier alpha value is -1.89. The Labute approximate surface area is 127 Å². The lowest BCUT2D eigenvalue weighted by atomic mass is 10.2. The number of carbonyl (C=O) groups is 3. The van der Waals surface area contributed by atoms with Crippen molar-refractivity contribution in [3.63, 3.8) is 0 Å². The van der Waals surface area contributed by atoms with E-state index >= 15 is 0 Å². The highest BCUT2D eigenvalue weighted by molar-refractivity contribution is 7.12. The lowest BCUT2D eigenvalue weighted by Gasteiger charge is -2.26. The molecular weight excluding hydrogens is 292 g/mol. The molecule has 1 aromatic rings. The van der Waals surface area contributed by atoms with Crippen LogP contribution in [0.4, 0.5) is 0 Å². The number of hydrogen-bond donors (Lipinski definition) is 1. The standard InChI is InChI=1S/C14H18N2O4S/c1-9(15-12(17)11-6-4-8-21-11)13(18)16-7-3-5-10(16)14(19)20-2/h4,6,8-10H,3,5,7H2,1-2H3,(H,15,17). The van der Waals surface area contributed by atoms with Crippen molar-refractivity contribution in [3.8, 4) is 0 Å². The number of carbonyl (C=O) groups excluding carboxylic acids is 3. The molecule has 1 aromatic heterocycles. The van der Waals surface area contributed by atoms with E-state index in [0.717, 1.165) is 6.42 Å². The van der Waals surface area contributed by atoms with Gasteiger partial charge in [0.05, 0.1) is 12.0 Å². The molecule has 0 aliphatic carbocycles. The van der Waals surface area contributed by atoms with Gasteiger partial charge in [-0.05, 0) is 31.2 Å². The van der Waals surface area contributed by atoms with Crippen LogP contribution in [0.3, 0.4) is 0 Å². The van der Waals surface area contributed by atoms with Crippen LogP contribution in [0.2, 0.25) is 0 Å². The van der Waals surface area contributed by atoms with E-state index in [9.17, 15) is 14.4 Å². The minimum absolute atomic E-state index is 0.257. The van der Waals surface area contributed by atoms with Gasteiger partial charge < -0.3 is 15.0 Å². The Morgan fingerprint density at radius 2 is 2.24 bits per heavy atom. The fraction of sp³-hybridized carbons (Fsp3) is 0.500. The summed E-state index contributed by atoms with van der Waals surface area (Å²) in [6.45, 7) is 2.14. The number of thiophene rings is 1. The van der Waals surface area contributed by atoms with Gasteiger partial charge >= 0.3 is 5.97 Å². The van der Waals surface area contributed by atoms with Gasteiger partial charge in [-0.1, -0.05) is 6.07 Å². The fourth-order valence-electron chi connectivity index (χ4n) is 2.40. The van der Waals surface area contributed by atoms with Gasteiger partial charge in [-0.2, -0.15) is 0 Å². The Bertz CT molecular complexity index is 529. The molecule has 0 radical (unpaired) electrons. The second-order valence-corrected chi connectivity index (χ2v) is 5.83. The number of likely N-dealkylation sites (tertiary alicyclic amines) is 1. The van der Waals surface area contributed by atoms with Crippen LogP contribution < -0.4 is 5.32 Å². The lowest BCUT2D eigenvalue weighted by molar-refractivity contribution is -0.151. The number of esters is 1. The van der Waals surface area contributed by atoms with Crippen molar-refractivity contribution in [2.75, 3.05) is 13.7 Å². The molecule has 2 amide bonds. The first-order valence-electron chi connectivity index (χ1n) is 6.77. The molecule has 1 saturated heterocycles. The van der Waals surface area contributed by atoms with E-state index in [1.807, 2.05) is 0 Å². The summed E-state index contributed by atoms with van der Waals surface area (Å²) in [5.41, 5.74) is 0. The molecule has 1 aliphatic rings.